The number of nitrogens with zero attached hydrogens (tertiary/aromatic N) is 1. The maximum Gasteiger partial charge on any atom is 0.243 e. The Labute approximate surface area is 189 Å². The van der Waals surface area contributed by atoms with Crippen LogP contribution >= 0.6 is 23.2 Å². The minimum atomic E-state index is -0.580. The first-order valence-electron chi connectivity index (χ1n) is 10.3. The Hall–Kier alpha value is -2.04. The van der Waals surface area contributed by atoms with Crippen molar-refractivity contribution in [3.63, 3.8) is 0 Å². The zero-order valence-electron chi connectivity index (χ0n) is 18.0. The summed E-state index contributed by atoms with van der Waals surface area (Å²) in [4.78, 5) is 27.9. The molecule has 4 nitrogen and oxygen atoms in total. The molecule has 0 radical (unpaired) electrons. The van der Waals surface area contributed by atoms with Gasteiger partial charge in [-0.2, -0.15) is 0 Å². The van der Waals surface area contributed by atoms with Crippen LogP contribution in [0.3, 0.4) is 0 Å². The van der Waals surface area contributed by atoms with E-state index >= 15 is 0 Å². The second kappa shape index (κ2) is 11.4. The van der Waals surface area contributed by atoms with Gasteiger partial charge in [-0.25, -0.2) is 0 Å². The molecule has 0 spiro atoms. The van der Waals surface area contributed by atoms with Gasteiger partial charge in [-0.15, -0.1) is 0 Å². The van der Waals surface area contributed by atoms with Crippen LogP contribution in [-0.2, 0) is 22.6 Å². The lowest BCUT2D eigenvalue weighted by atomic mass is 10.1. The molecule has 0 saturated carbocycles. The summed E-state index contributed by atoms with van der Waals surface area (Å²) in [6.07, 6.45) is 1.55. The van der Waals surface area contributed by atoms with E-state index in [0.29, 0.717) is 16.5 Å². The predicted molar refractivity (Wildman–Crippen MR) is 124 cm³/mol. The van der Waals surface area contributed by atoms with Crippen molar-refractivity contribution in [2.75, 3.05) is 0 Å². The van der Waals surface area contributed by atoms with Gasteiger partial charge in [0.1, 0.15) is 6.04 Å². The Balaban J connectivity index is 2.32. The second-order valence-electron chi connectivity index (χ2n) is 7.66. The molecule has 6 heteroatoms. The zero-order chi connectivity index (χ0) is 22.3. The Bertz CT molecular complexity index is 868. The van der Waals surface area contributed by atoms with E-state index in [4.69, 9.17) is 23.2 Å². The number of hydrogen-bond acceptors (Lipinski definition) is 2. The first kappa shape index (κ1) is 24.2. The van der Waals surface area contributed by atoms with Crippen molar-refractivity contribution in [2.24, 2.45) is 0 Å². The maximum atomic E-state index is 13.3. The van der Waals surface area contributed by atoms with E-state index in [2.05, 4.69) is 5.32 Å². The standard InChI is InChI=1S/C24H30Cl2N2O2/c1-5-17(4)27-24(30)22(6-2)28(15-19-11-12-20(25)14-21(19)26)23(29)13-18-9-7-16(3)8-10-18/h7-12,14,17,22H,5-6,13,15H2,1-4H3,(H,27,30)/t17-,22+/m1/s1. The number of halogens is 2. The Morgan fingerprint density at radius 3 is 2.27 bits per heavy atom. The highest BCUT2D eigenvalue weighted by molar-refractivity contribution is 6.35. The van der Waals surface area contributed by atoms with E-state index in [-0.39, 0.29) is 30.8 Å². The fourth-order valence-corrected chi connectivity index (χ4v) is 3.64. The Kier molecular flexibility index (Phi) is 9.19. The zero-order valence-corrected chi connectivity index (χ0v) is 19.6. The van der Waals surface area contributed by atoms with Gasteiger partial charge in [0.2, 0.25) is 11.8 Å². The highest BCUT2D eigenvalue weighted by Crippen LogP contribution is 2.24. The summed E-state index contributed by atoms with van der Waals surface area (Å²) >= 11 is 12.4. The molecule has 0 unspecified atom stereocenters. The van der Waals surface area contributed by atoms with Gasteiger partial charge in [-0.05, 0) is 49.9 Å². The summed E-state index contributed by atoms with van der Waals surface area (Å²) in [7, 11) is 0. The summed E-state index contributed by atoms with van der Waals surface area (Å²) in [5.41, 5.74) is 2.80. The van der Waals surface area contributed by atoms with E-state index in [1.165, 1.54) is 0 Å². The van der Waals surface area contributed by atoms with Crippen molar-refractivity contribution >= 4 is 35.0 Å². The van der Waals surface area contributed by atoms with Crippen molar-refractivity contribution < 1.29 is 9.59 Å². The summed E-state index contributed by atoms with van der Waals surface area (Å²) in [5.74, 6) is -0.259. The lowest BCUT2D eigenvalue weighted by molar-refractivity contribution is -0.141. The summed E-state index contributed by atoms with van der Waals surface area (Å²) in [6.45, 7) is 8.13. The molecule has 0 aromatic heterocycles. The van der Waals surface area contributed by atoms with Crippen LogP contribution in [0.4, 0.5) is 0 Å². The molecule has 2 atom stereocenters. The van der Waals surface area contributed by atoms with E-state index in [1.54, 1.807) is 23.1 Å². The average molecular weight is 449 g/mol. The van der Waals surface area contributed by atoms with Gasteiger partial charge < -0.3 is 10.2 Å². The van der Waals surface area contributed by atoms with Crippen molar-refractivity contribution in [1.29, 1.82) is 0 Å². The number of carbonyl (C=O) groups is 2. The molecule has 2 aromatic rings. The summed E-state index contributed by atoms with van der Waals surface area (Å²) in [5, 5.41) is 4.02. The van der Waals surface area contributed by atoms with Gasteiger partial charge in [-0.3, -0.25) is 9.59 Å². The SMILES string of the molecule is CC[C@@H](C)NC(=O)[C@H](CC)N(Cc1ccc(Cl)cc1Cl)C(=O)Cc1ccc(C)cc1. The number of nitrogens with one attached hydrogen (secondary N) is 1. The van der Waals surface area contributed by atoms with E-state index in [1.807, 2.05) is 52.0 Å². The average Bonchev–Trinajstić information content (AvgIpc) is 2.70. The molecule has 1 N–H and O–H groups in total. The molecule has 0 heterocycles. The van der Waals surface area contributed by atoms with Crippen LogP contribution in [0.15, 0.2) is 42.5 Å². The fourth-order valence-electron chi connectivity index (χ4n) is 3.18. The molecule has 30 heavy (non-hydrogen) atoms. The highest BCUT2D eigenvalue weighted by atomic mass is 35.5. The van der Waals surface area contributed by atoms with E-state index < -0.39 is 6.04 Å². The molecule has 0 aliphatic rings. The van der Waals surface area contributed by atoms with Crippen molar-refractivity contribution in [3.05, 3.63) is 69.2 Å². The van der Waals surface area contributed by atoms with Crippen molar-refractivity contribution in [3.8, 4) is 0 Å². The minimum Gasteiger partial charge on any atom is -0.352 e. The van der Waals surface area contributed by atoms with E-state index in [0.717, 1.165) is 23.1 Å². The van der Waals surface area contributed by atoms with Crippen LogP contribution in [0.25, 0.3) is 0 Å². The summed E-state index contributed by atoms with van der Waals surface area (Å²) < 4.78 is 0. The molecule has 0 bridgehead atoms. The Morgan fingerprint density at radius 2 is 1.70 bits per heavy atom. The Morgan fingerprint density at radius 1 is 1.03 bits per heavy atom. The highest BCUT2D eigenvalue weighted by Gasteiger charge is 2.29. The van der Waals surface area contributed by atoms with Gasteiger partial charge in [-0.1, -0.05) is 72.9 Å². The molecule has 2 aromatic carbocycles. The minimum absolute atomic E-state index is 0.0414. The lowest BCUT2D eigenvalue weighted by Gasteiger charge is -2.32. The first-order valence-corrected chi connectivity index (χ1v) is 11.1. The number of benzene rings is 2. The molecule has 0 fully saturated rings. The third-order valence-electron chi connectivity index (χ3n) is 5.22. The predicted octanol–water partition coefficient (Wildman–Crippen LogP) is 5.57. The van der Waals surface area contributed by atoms with Crippen LogP contribution in [0, 0.1) is 6.92 Å². The third-order valence-corrected chi connectivity index (χ3v) is 5.81. The van der Waals surface area contributed by atoms with Crippen molar-refractivity contribution in [2.45, 2.75) is 65.6 Å². The van der Waals surface area contributed by atoms with Gasteiger partial charge in [0.25, 0.3) is 0 Å². The van der Waals surface area contributed by atoms with Crippen LogP contribution in [0.2, 0.25) is 10.0 Å². The van der Waals surface area contributed by atoms with Gasteiger partial charge in [0.15, 0.2) is 0 Å². The van der Waals surface area contributed by atoms with Crippen LogP contribution in [0.1, 0.15) is 50.3 Å². The molecular weight excluding hydrogens is 419 g/mol. The third kappa shape index (κ3) is 6.75. The van der Waals surface area contributed by atoms with Crippen LogP contribution < -0.4 is 5.32 Å². The molecule has 2 amide bonds. The number of aryl methyl sites for hydroxylation is 1. The summed E-state index contributed by atoms with van der Waals surface area (Å²) in [6, 6.07) is 12.5. The smallest absolute Gasteiger partial charge is 0.243 e. The topological polar surface area (TPSA) is 49.4 Å². The quantitative estimate of drug-likeness (QED) is 0.545. The largest absolute Gasteiger partial charge is 0.352 e. The maximum absolute atomic E-state index is 13.3. The number of hydrogen-bond donors (Lipinski definition) is 1. The van der Waals surface area contributed by atoms with Crippen molar-refractivity contribution in [1.82, 2.24) is 10.2 Å². The fraction of sp³-hybridized carbons (Fsp3) is 0.417. The molecule has 162 valence electrons. The monoisotopic (exact) mass is 448 g/mol. The normalized spacial score (nSPS) is 12.9. The molecule has 0 aliphatic carbocycles. The molecule has 0 aliphatic heterocycles. The van der Waals surface area contributed by atoms with Crippen LogP contribution in [0.5, 0.6) is 0 Å². The molecule has 0 saturated heterocycles. The first-order chi connectivity index (χ1) is 14.2. The number of carbonyl (C=O) groups excluding carboxylic acids is 2. The number of rotatable bonds is 9. The lowest BCUT2D eigenvalue weighted by Crippen LogP contribution is -2.51. The molecular formula is C24H30Cl2N2O2. The van der Waals surface area contributed by atoms with Crippen LogP contribution in [-0.4, -0.2) is 28.8 Å². The second-order valence-corrected chi connectivity index (χ2v) is 8.51. The van der Waals surface area contributed by atoms with Gasteiger partial charge in [0.05, 0.1) is 6.42 Å². The van der Waals surface area contributed by atoms with Gasteiger partial charge in [0, 0.05) is 22.6 Å². The molecule has 2 rings (SSSR count). The van der Waals surface area contributed by atoms with E-state index in [9.17, 15) is 9.59 Å². The number of amides is 2. The van der Waals surface area contributed by atoms with Gasteiger partial charge >= 0.3 is 0 Å².